The minimum absolute atomic E-state index is 0.0610. The summed E-state index contributed by atoms with van der Waals surface area (Å²) in [6.07, 6.45) is 2.16. The maximum absolute atomic E-state index is 12.1. The van der Waals surface area contributed by atoms with Gasteiger partial charge >= 0.3 is 5.97 Å². The van der Waals surface area contributed by atoms with Crippen molar-refractivity contribution in [2.45, 2.75) is 44.4 Å². The van der Waals surface area contributed by atoms with Gasteiger partial charge in [0.05, 0.1) is 48.6 Å². The van der Waals surface area contributed by atoms with Crippen molar-refractivity contribution in [3.05, 3.63) is 53.5 Å². The Labute approximate surface area is 186 Å². The van der Waals surface area contributed by atoms with Gasteiger partial charge in [-0.25, -0.2) is 14.8 Å². The molecule has 0 saturated carbocycles. The van der Waals surface area contributed by atoms with E-state index in [-0.39, 0.29) is 23.4 Å². The molecule has 0 spiro atoms. The molecule has 1 N–H and O–H groups in total. The molecule has 0 radical (unpaired) electrons. The number of likely N-dealkylation sites (tertiary alicyclic amines) is 1. The third-order valence-electron chi connectivity index (χ3n) is 6.70. The van der Waals surface area contributed by atoms with Crippen molar-refractivity contribution in [2.24, 2.45) is 0 Å². The van der Waals surface area contributed by atoms with E-state index in [1.165, 1.54) is 7.11 Å². The largest absolute Gasteiger partial charge is 0.493 e. The number of aromatic hydroxyl groups is 1. The van der Waals surface area contributed by atoms with Crippen LogP contribution in [0.25, 0.3) is 11.0 Å². The van der Waals surface area contributed by atoms with Gasteiger partial charge in [0, 0.05) is 24.6 Å². The third kappa shape index (κ3) is 3.84. The summed E-state index contributed by atoms with van der Waals surface area (Å²) >= 11 is 0. The van der Waals surface area contributed by atoms with Gasteiger partial charge in [-0.1, -0.05) is 13.0 Å². The number of aromatic nitrogens is 3. The van der Waals surface area contributed by atoms with Crippen LogP contribution in [-0.2, 0) is 28.0 Å². The Kier molecular flexibility index (Phi) is 5.35. The number of nitrogens with zero attached hydrogens (tertiary/aromatic N) is 4. The molecule has 2 saturated heterocycles. The summed E-state index contributed by atoms with van der Waals surface area (Å²) in [6, 6.07) is 10.9. The van der Waals surface area contributed by atoms with Crippen LogP contribution >= 0.6 is 0 Å². The predicted molar refractivity (Wildman–Crippen MR) is 119 cm³/mol. The Hall–Kier alpha value is -2.97. The standard InChI is InChI=1S/C24H28N4O4/c1-24(20-4-3-5-22(29)26-20)9-10-27(15-24)14-21-25-18-7-6-16(23(30)31-2)12-19(18)28(21)13-17-8-11-32-17/h3-7,12,17H,8-11,13-15H2,1-2H3,(H,26,29)/t17-,24?/m0/s1. The fourth-order valence-corrected chi connectivity index (χ4v) is 4.73. The highest BCUT2D eigenvalue weighted by Gasteiger charge is 2.37. The van der Waals surface area contributed by atoms with Crippen LogP contribution in [0.4, 0.5) is 0 Å². The molecule has 8 heteroatoms. The minimum atomic E-state index is -0.352. The van der Waals surface area contributed by atoms with Gasteiger partial charge in [0.25, 0.3) is 0 Å². The van der Waals surface area contributed by atoms with Crippen LogP contribution in [0, 0.1) is 0 Å². The summed E-state index contributed by atoms with van der Waals surface area (Å²) in [5.74, 6) is 0.673. The number of esters is 1. The van der Waals surface area contributed by atoms with E-state index in [1.807, 2.05) is 24.3 Å². The molecule has 3 aromatic rings. The summed E-state index contributed by atoms with van der Waals surface area (Å²) in [7, 11) is 1.39. The van der Waals surface area contributed by atoms with Crippen molar-refractivity contribution >= 4 is 17.0 Å². The van der Waals surface area contributed by atoms with Gasteiger partial charge in [0.1, 0.15) is 5.82 Å². The minimum Gasteiger partial charge on any atom is -0.493 e. The quantitative estimate of drug-likeness (QED) is 0.594. The molecule has 2 aliphatic heterocycles. The Morgan fingerprint density at radius 2 is 2.16 bits per heavy atom. The van der Waals surface area contributed by atoms with E-state index in [0.717, 1.165) is 61.6 Å². The topological polar surface area (TPSA) is 89.7 Å². The van der Waals surface area contributed by atoms with Crippen LogP contribution in [0.3, 0.4) is 0 Å². The van der Waals surface area contributed by atoms with Gasteiger partial charge in [-0.2, -0.15) is 0 Å². The highest BCUT2D eigenvalue weighted by molar-refractivity contribution is 5.93. The van der Waals surface area contributed by atoms with Crippen LogP contribution in [0.15, 0.2) is 36.4 Å². The van der Waals surface area contributed by atoms with Crippen molar-refractivity contribution in [2.75, 3.05) is 26.8 Å². The zero-order chi connectivity index (χ0) is 22.3. The van der Waals surface area contributed by atoms with E-state index >= 15 is 0 Å². The van der Waals surface area contributed by atoms with Crippen LogP contribution in [0.1, 0.15) is 41.6 Å². The first kappa shape index (κ1) is 20.9. The molecule has 2 aliphatic rings. The van der Waals surface area contributed by atoms with Crippen molar-refractivity contribution in [1.29, 1.82) is 0 Å². The number of hydrogen-bond donors (Lipinski definition) is 1. The Bertz CT molecular complexity index is 1160. The number of benzene rings is 1. The summed E-state index contributed by atoms with van der Waals surface area (Å²) in [6.45, 7) is 6.16. The lowest BCUT2D eigenvalue weighted by molar-refractivity contribution is -0.0591. The molecule has 168 valence electrons. The number of hydrogen-bond acceptors (Lipinski definition) is 7. The smallest absolute Gasteiger partial charge is 0.337 e. The molecule has 2 atom stereocenters. The molecule has 4 heterocycles. The lowest BCUT2D eigenvalue weighted by Gasteiger charge is -2.28. The summed E-state index contributed by atoms with van der Waals surface area (Å²) in [4.78, 5) is 23.7. The average molecular weight is 437 g/mol. The Morgan fingerprint density at radius 1 is 1.31 bits per heavy atom. The monoisotopic (exact) mass is 436 g/mol. The molecule has 0 bridgehead atoms. The van der Waals surface area contributed by atoms with Gasteiger partial charge in [0.2, 0.25) is 5.88 Å². The van der Waals surface area contributed by atoms with E-state index < -0.39 is 0 Å². The van der Waals surface area contributed by atoms with Gasteiger partial charge in [-0.15, -0.1) is 0 Å². The van der Waals surface area contributed by atoms with Crippen LogP contribution < -0.4 is 0 Å². The summed E-state index contributed by atoms with van der Waals surface area (Å²) < 4.78 is 12.8. The molecular formula is C24H28N4O4. The van der Waals surface area contributed by atoms with E-state index in [4.69, 9.17) is 14.5 Å². The molecule has 0 aliphatic carbocycles. The van der Waals surface area contributed by atoms with Crippen molar-refractivity contribution in [3.8, 4) is 5.88 Å². The number of rotatable bonds is 6. The fourth-order valence-electron chi connectivity index (χ4n) is 4.73. The number of fused-ring (bicyclic) bond motifs is 1. The molecule has 1 aromatic carbocycles. The Balaban J connectivity index is 1.43. The first-order chi connectivity index (χ1) is 15.4. The lowest BCUT2D eigenvalue weighted by atomic mass is 9.85. The van der Waals surface area contributed by atoms with Gasteiger partial charge in [-0.3, -0.25) is 4.90 Å². The highest BCUT2D eigenvalue weighted by Crippen LogP contribution is 2.35. The Morgan fingerprint density at radius 3 is 2.88 bits per heavy atom. The zero-order valence-electron chi connectivity index (χ0n) is 18.5. The van der Waals surface area contributed by atoms with E-state index in [2.05, 4.69) is 21.4 Å². The van der Waals surface area contributed by atoms with Gasteiger partial charge in [0.15, 0.2) is 0 Å². The van der Waals surface area contributed by atoms with Gasteiger partial charge < -0.3 is 19.1 Å². The zero-order valence-corrected chi connectivity index (χ0v) is 18.5. The number of ether oxygens (including phenoxy) is 2. The van der Waals surface area contributed by atoms with Crippen molar-refractivity contribution in [3.63, 3.8) is 0 Å². The maximum Gasteiger partial charge on any atom is 0.337 e. The van der Waals surface area contributed by atoms with E-state index in [1.54, 1.807) is 12.1 Å². The first-order valence-electron chi connectivity index (χ1n) is 11.0. The highest BCUT2D eigenvalue weighted by atomic mass is 16.5. The van der Waals surface area contributed by atoms with Crippen LogP contribution in [-0.4, -0.2) is 63.4 Å². The second-order valence-corrected chi connectivity index (χ2v) is 9.02. The van der Waals surface area contributed by atoms with Gasteiger partial charge in [-0.05, 0) is 43.7 Å². The molecule has 8 nitrogen and oxygen atoms in total. The predicted octanol–water partition coefficient (Wildman–Crippen LogP) is 2.88. The second-order valence-electron chi connectivity index (χ2n) is 9.02. The van der Waals surface area contributed by atoms with Crippen LogP contribution in [0.5, 0.6) is 5.88 Å². The van der Waals surface area contributed by atoms with E-state index in [0.29, 0.717) is 12.1 Å². The lowest BCUT2D eigenvalue weighted by Crippen LogP contribution is -2.33. The van der Waals surface area contributed by atoms with E-state index in [9.17, 15) is 9.90 Å². The summed E-state index contributed by atoms with van der Waals surface area (Å²) in [5, 5.41) is 9.82. The summed E-state index contributed by atoms with van der Waals surface area (Å²) in [5.41, 5.74) is 3.11. The molecule has 5 rings (SSSR count). The number of methoxy groups -OCH3 is 1. The molecule has 0 amide bonds. The first-order valence-corrected chi connectivity index (χ1v) is 11.0. The number of carbonyl (C=O) groups excluding carboxylic acids is 1. The SMILES string of the molecule is COC(=O)c1ccc2nc(CN3CCC(C)(c4cccc(O)n4)C3)n(C[C@@H]3CCO3)c2c1. The molecular weight excluding hydrogens is 408 g/mol. The number of imidazole rings is 1. The second kappa shape index (κ2) is 8.18. The maximum atomic E-state index is 12.1. The molecule has 2 aromatic heterocycles. The number of carbonyl (C=O) groups is 1. The molecule has 2 fully saturated rings. The van der Waals surface area contributed by atoms with Crippen molar-refractivity contribution in [1.82, 2.24) is 19.4 Å². The normalized spacial score (nSPS) is 23.4. The molecule has 32 heavy (non-hydrogen) atoms. The average Bonchev–Trinajstić information content (AvgIpc) is 3.30. The van der Waals surface area contributed by atoms with Crippen molar-refractivity contribution < 1.29 is 19.4 Å². The number of pyridine rings is 1. The molecule has 1 unspecified atom stereocenters. The third-order valence-corrected chi connectivity index (χ3v) is 6.70. The fraction of sp³-hybridized carbons (Fsp3) is 0.458. The van der Waals surface area contributed by atoms with Crippen LogP contribution in [0.2, 0.25) is 0 Å².